The first kappa shape index (κ1) is 28.4. The third-order valence-electron chi connectivity index (χ3n) is 9.95. The topological polar surface area (TPSA) is 37.9 Å². The number of aliphatic imine (C=N–C) groups is 2. The normalized spacial score (nSPS) is 13.5. The third kappa shape index (κ3) is 4.67. The minimum atomic E-state index is 0.683. The third-order valence-corrected chi connectivity index (χ3v) is 9.95. The molecule has 234 valence electrons. The van der Waals surface area contributed by atoms with Crippen molar-refractivity contribution >= 4 is 71.5 Å². The largest absolute Gasteiger partial charge is 0.456 e. The predicted molar refractivity (Wildman–Crippen MR) is 210 cm³/mol. The first-order chi connectivity index (χ1) is 24.8. The van der Waals surface area contributed by atoms with Crippen LogP contribution in [-0.2, 0) is 0 Å². The zero-order chi connectivity index (χ0) is 33.0. The Morgan fingerprint density at radius 2 is 0.980 bits per heavy atom. The second-order valence-corrected chi connectivity index (χ2v) is 12.9. The molecule has 8 aromatic carbocycles. The molecule has 0 spiro atoms. The molecule has 0 saturated heterocycles. The van der Waals surface area contributed by atoms with Gasteiger partial charge in [-0.25, -0.2) is 9.98 Å². The van der Waals surface area contributed by atoms with Crippen molar-refractivity contribution in [3.05, 3.63) is 187 Å². The number of nitrogens with zero attached hydrogens (tertiary/aromatic N) is 2. The summed E-state index contributed by atoms with van der Waals surface area (Å²) in [4.78, 5) is 10.5. The van der Waals surface area contributed by atoms with Gasteiger partial charge in [-0.15, -0.1) is 0 Å². The molecule has 0 N–H and O–H groups in total. The van der Waals surface area contributed by atoms with E-state index in [1.165, 1.54) is 32.3 Å². The number of rotatable bonds is 4. The highest BCUT2D eigenvalue weighted by atomic mass is 16.3. The molecule has 0 amide bonds. The highest BCUT2D eigenvalue weighted by Crippen LogP contribution is 2.39. The van der Waals surface area contributed by atoms with Crippen LogP contribution in [0.4, 0.5) is 0 Å². The summed E-state index contributed by atoms with van der Waals surface area (Å²) in [5, 5.41) is 9.69. The Bertz CT molecular complexity index is 2840. The minimum Gasteiger partial charge on any atom is -0.456 e. The molecular weight excluding hydrogens is 609 g/mol. The smallest absolute Gasteiger partial charge is 0.160 e. The van der Waals surface area contributed by atoms with Gasteiger partial charge < -0.3 is 4.42 Å². The molecule has 3 heteroatoms. The number of allylic oxidation sites excluding steroid dienone is 1. The van der Waals surface area contributed by atoms with Gasteiger partial charge in [0, 0.05) is 22.8 Å². The summed E-state index contributed by atoms with van der Waals surface area (Å²) < 4.78 is 6.60. The number of fused-ring (bicyclic) bond motifs is 9. The van der Waals surface area contributed by atoms with Crippen LogP contribution in [0.1, 0.15) is 23.1 Å². The first-order valence-corrected chi connectivity index (χ1v) is 17.0. The molecule has 9 aromatic rings. The van der Waals surface area contributed by atoms with Gasteiger partial charge >= 0.3 is 0 Å². The van der Waals surface area contributed by atoms with Crippen LogP contribution in [0.15, 0.2) is 184 Å². The molecule has 0 aliphatic carbocycles. The molecule has 10 rings (SSSR count). The molecule has 0 radical (unpaired) electrons. The van der Waals surface area contributed by atoms with Crippen LogP contribution in [0.2, 0.25) is 0 Å². The fourth-order valence-corrected chi connectivity index (χ4v) is 7.56. The van der Waals surface area contributed by atoms with Crippen LogP contribution >= 0.6 is 0 Å². The van der Waals surface area contributed by atoms with Crippen molar-refractivity contribution in [2.75, 3.05) is 0 Å². The zero-order valence-electron chi connectivity index (χ0n) is 27.2. The number of furan rings is 1. The molecule has 0 atom stereocenters. The Hall–Kier alpha value is -6.58. The van der Waals surface area contributed by atoms with E-state index in [0.29, 0.717) is 12.3 Å². The highest BCUT2D eigenvalue weighted by molar-refractivity contribution is 6.26. The molecule has 0 unspecified atom stereocenters. The van der Waals surface area contributed by atoms with Gasteiger partial charge in [-0.2, -0.15) is 0 Å². The van der Waals surface area contributed by atoms with Gasteiger partial charge in [0.2, 0.25) is 0 Å². The van der Waals surface area contributed by atoms with E-state index < -0.39 is 0 Å². The summed E-state index contributed by atoms with van der Waals surface area (Å²) in [7, 11) is 0. The fraction of sp³-hybridized carbons (Fsp3) is 0.0213. The van der Waals surface area contributed by atoms with Gasteiger partial charge in [0.25, 0.3) is 0 Å². The van der Waals surface area contributed by atoms with Crippen LogP contribution < -0.4 is 0 Å². The Kier molecular flexibility index (Phi) is 6.56. The summed E-state index contributed by atoms with van der Waals surface area (Å²) in [5.41, 5.74) is 8.95. The van der Waals surface area contributed by atoms with Crippen molar-refractivity contribution in [2.45, 2.75) is 6.42 Å². The monoisotopic (exact) mass is 638 g/mol. The van der Waals surface area contributed by atoms with E-state index in [2.05, 4.69) is 146 Å². The lowest BCUT2D eigenvalue weighted by molar-refractivity contribution is 0.669. The average Bonchev–Trinajstić information content (AvgIpc) is 3.42. The van der Waals surface area contributed by atoms with Crippen LogP contribution in [-0.4, -0.2) is 11.5 Å². The van der Waals surface area contributed by atoms with E-state index in [1.54, 1.807) is 0 Å². The van der Waals surface area contributed by atoms with Crippen molar-refractivity contribution in [1.82, 2.24) is 0 Å². The molecule has 1 aliphatic rings. The number of benzene rings is 8. The summed E-state index contributed by atoms with van der Waals surface area (Å²) in [6, 6.07) is 57.8. The molecule has 1 aromatic heterocycles. The molecule has 2 heterocycles. The highest BCUT2D eigenvalue weighted by Gasteiger charge is 2.19. The van der Waals surface area contributed by atoms with Crippen LogP contribution in [0, 0.1) is 0 Å². The van der Waals surface area contributed by atoms with Gasteiger partial charge in [-0.05, 0) is 78.8 Å². The van der Waals surface area contributed by atoms with E-state index >= 15 is 0 Å². The molecule has 3 nitrogen and oxygen atoms in total. The second-order valence-electron chi connectivity index (χ2n) is 12.9. The maximum atomic E-state index is 6.60. The summed E-state index contributed by atoms with van der Waals surface area (Å²) in [6.07, 6.45) is 2.87. The lowest BCUT2D eigenvalue weighted by Crippen LogP contribution is -2.05. The molecular formula is C47H30N2O. The molecule has 50 heavy (non-hydrogen) atoms. The maximum absolute atomic E-state index is 6.60. The van der Waals surface area contributed by atoms with Gasteiger partial charge in [-0.1, -0.05) is 146 Å². The minimum absolute atomic E-state index is 0.683. The quantitative estimate of drug-likeness (QED) is 0.177. The summed E-state index contributed by atoms with van der Waals surface area (Å²) in [6.45, 7) is 0. The van der Waals surface area contributed by atoms with E-state index in [1.807, 2.05) is 24.3 Å². The standard InChI is InChI=1S/C47H30N2O/c1-3-12-30(13-4-1)42-26-27-43(31-14-5-2-6-15-31)49-47(48-42)40-20-11-21-44-46(40)39-25-23-33(29-45(39)50-44)32-22-24-38-36-18-8-7-16-34(36)35-17-9-10-19-37(35)41(38)28-32/h1-26,28-29H,27H2. The van der Waals surface area contributed by atoms with Gasteiger partial charge in [0.15, 0.2) is 5.84 Å². The van der Waals surface area contributed by atoms with Crippen LogP contribution in [0.5, 0.6) is 0 Å². The average molecular weight is 639 g/mol. The Morgan fingerprint density at radius 3 is 1.68 bits per heavy atom. The van der Waals surface area contributed by atoms with Gasteiger partial charge in [0.1, 0.15) is 11.2 Å². The lowest BCUT2D eigenvalue weighted by atomic mass is 9.92. The van der Waals surface area contributed by atoms with Gasteiger partial charge in [-0.3, -0.25) is 0 Å². The van der Waals surface area contributed by atoms with Crippen molar-refractivity contribution < 1.29 is 4.42 Å². The van der Waals surface area contributed by atoms with E-state index in [9.17, 15) is 0 Å². The Balaban J connectivity index is 1.13. The fourth-order valence-electron chi connectivity index (χ4n) is 7.56. The molecule has 0 fully saturated rings. The van der Waals surface area contributed by atoms with Crippen molar-refractivity contribution in [3.63, 3.8) is 0 Å². The zero-order valence-corrected chi connectivity index (χ0v) is 27.2. The molecule has 0 bridgehead atoms. The SMILES string of the molecule is C1=C(c2ccccc2)N=C(c2cccc3oc4cc(-c5ccc6c7ccccc7c7ccccc7c6c5)ccc4c23)N=C(c2ccccc2)C1. The number of amidine groups is 1. The second kappa shape index (κ2) is 11.5. The lowest BCUT2D eigenvalue weighted by Gasteiger charge is -2.12. The van der Waals surface area contributed by atoms with E-state index in [4.69, 9.17) is 14.4 Å². The van der Waals surface area contributed by atoms with Crippen molar-refractivity contribution in [1.29, 1.82) is 0 Å². The van der Waals surface area contributed by atoms with E-state index in [-0.39, 0.29) is 0 Å². The van der Waals surface area contributed by atoms with Crippen LogP contribution in [0.25, 0.3) is 71.1 Å². The van der Waals surface area contributed by atoms with E-state index in [0.717, 1.165) is 61.2 Å². The van der Waals surface area contributed by atoms with Crippen molar-refractivity contribution in [3.8, 4) is 11.1 Å². The predicted octanol–water partition coefficient (Wildman–Crippen LogP) is 12.4. The number of hydrogen-bond acceptors (Lipinski definition) is 3. The van der Waals surface area contributed by atoms with Gasteiger partial charge in [0.05, 0.1) is 11.4 Å². The summed E-state index contributed by atoms with van der Waals surface area (Å²) in [5.74, 6) is 0.683. The Labute approximate surface area is 289 Å². The molecule has 0 saturated carbocycles. The maximum Gasteiger partial charge on any atom is 0.160 e. The summed E-state index contributed by atoms with van der Waals surface area (Å²) >= 11 is 0. The molecule has 1 aliphatic heterocycles. The van der Waals surface area contributed by atoms with Crippen LogP contribution in [0.3, 0.4) is 0 Å². The Morgan fingerprint density at radius 1 is 0.400 bits per heavy atom. The van der Waals surface area contributed by atoms with Crippen molar-refractivity contribution in [2.24, 2.45) is 9.98 Å². The first-order valence-electron chi connectivity index (χ1n) is 17.0. The number of hydrogen-bond donors (Lipinski definition) is 0.